The third-order valence-corrected chi connectivity index (χ3v) is 2.61. The first-order valence-electron chi connectivity index (χ1n) is 4.89. The zero-order valence-corrected chi connectivity index (χ0v) is 9.51. The van der Waals surface area contributed by atoms with Crippen molar-refractivity contribution in [3.63, 3.8) is 0 Å². The molecule has 1 aromatic rings. The van der Waals surface area contributed by atoms with Gasteiger partial charge in [0, 0.05) is 13.1 Å². The molecule has 0 aliphatic rings. The van der Waals surface area contributed by atoms with Gasteiger partial charge in [-0.1, -0.05) is 0 Å². The molecule has 0 fully saturated rings. The maximum Gasteiger partial charge on any atom is 0.315 e. The Kier molecular flexibility index (Phi) is 5.14. The molecule has 5 heteroatoms. The molecule has 0 saturated carbocycles. The largest absolute Gasteiger partial charge is 0.393 e. The first kappa shape index (κ1) is 12.0. The molecule has 0 saturated heterocycles. The zero-order valence-electron chi connectivity index (χ0n) is 8.69. The standard InChI is InChI=1S/C10H16N2O2S/c1-8(13)2-4-11-10(14)12-6-9-3-5-15-7-9/h3,5,7-8,13H,2,4,6H2,1H3,(H2,11,12,14). The fourth-order valence-corrected chi connectivity index (χ4v) is 1.70. The molecule has 0 spiro atoms. The van der Waals surface area contributed by atoms with Crippen LogP contribution in [-0.2, 0) is 6.54 Å². The lowest BCUT2D eigenvalue weighted by molar-refractivity contribution is 0.183. The van der Waals surface area contributed by atoms with Gasteiger partial charge in [0.2, 0.25) is 0 Å². The Labute approximate surface area is 93.3 Å². The average Bonchev–Trinajstić information content (AvgIpc) is 2.66. The number of aliphatic hydroxyl groups excluding tert-OH is 1. The fraction of sp³-hybridized carbons (Fsp3) is 0.500. The SMILES string of the molecule is CC(O)CCNC(=O)NCc1ccsc1. The number of amides is 2. The van der Waals surface area contributed by atoms with E-state index in [-0.39, 0.29) is 12.1 Å². The van der Waals surface area contributed by atoms with Gasteiger partial charge in [-0.3, -0.25) is 0 Å². The number of hydrogen-bond donors (Lipinski definition) is 3. The van der Waals surface area contributed by atoms with Gasteiger partial charge in [0.05, 0.1) is 6.10 Å². The molecule has 1 rings (SSSR count). The molecule has 2 amide bonds. The molecule has 1 atom stereocenters. The monoisotopic (exact) mass is 228 g/mol. The van der Waals surface area contributed by atoms with Crippen LogP contribution >= 0.6 is 11.3 Å². The summed E-state index contributed by atoms with van der Waals surface area (Å²) in [7, 11) is 0. The maximum absolute atomic E-state index is 11.2. The number of nitrogens with one attached hydrogen (secondary N) is 2. The van der Waals surface area contributed by atoms with E-state index >= 15 is 0 Å². The van der Waals surface area contributed by atoms with Crippen LogP contribution in [0.2, 0.25) is 0 Å². The molecule has 1 unspecified atom stereocenters. The van der Waals surface area contributed by atoms with Gasteiger partial charge >= 0.3 is 6.03 Å². The Balaban J connectivity index is 2.09. The van der Waals surface area contributed by atoms with E-state index in [4.69, 9.17) is 5.11 Å². The normalized spacial score (nSPS) is 12.1. The summed E-state index contributed by atoms with van der Waals surface area (Å²) >= 11 is 1.61. The third-order valence-electron chi connectivity index (χ3n) is 1.88. The molecule has 15 heavy (non-hydrogen) atoms. The number of aliphatic hydroxyl groups is 1. The van der Waals surface area contributed by atoms with E-state index in [1.807, 2.05) is 16.8 Å². The highest BCUT2D eigenvalue weighted by molar-refractivity contribution is 7.07. The van der Waals surface area contributed by atoms with Crippen LogP contribution in [0.5, 0.6) is 0 Å². The number of carbonyl (C=O) groups excluding carboxylic acids is 1. The highest BCUT2D eigenvalue weighted by atomic mass is 32.1. The number of urea groups is 1. The first-order valence-corrected chi connectivity index (χ1v) is 5.83. The van der Waals surface area contributed by atoms with Crippen molar-refractivity contribution in [2.75, 3.05) is 6.54 Å². The van der Waals surface area contributed by atoms with Gasteiger partial charge in [-0.05, 0) is 35.7 Å². The van der Waals surface area contributed by atoms with Gasteiger partial charge < -0.3 is 15.7 Å². The van der Waals surface area contributed by atoms with Gasteiger partial charge in [0.15, 0.2) is 0 Å². The van der Waals surface area contributed by atoms with Crippen LogP contribution in [0.4, 0.5) is 4.79 Å². The van der Waals surface area contributed by atoms with Crippen molar-refractivity contribution in [2.24, 2.45) is 0 Å². The predicted octanol–water partition coefficient (Wildman–Crippen LogP) is 1.32. The summed E-state index contributed by atoms with van der Waals surface area (Å²) in [6, 6.07) is 1.78. The summed E-state index contributed by atoms with van der Waals surface area (Å²) in [5.41, 5.74) is 1.10. The van der Waals surface area contributed by atoms with E-state index in [0.29, 0.717) is 19.5 Å². The van der Waals surface area contributed by atoms with Crippen molar-refractivity contribution >= 4 is 17.4 Å². The van der Waals surface area contributed by atoms with E-state index in [2.05, 4.69) is 10.6 Å². The number of thiophene rings is 1. The lowest BCUT2D eigenvalue weighted by Gasteiger charge is -2.07. The minimum absolute atomic E-state index is 0.193. The Morgan fingerprint density at radius 1 is 1.60 bits per heavy atom. The molecule has 4 nitrogen and oxygen atoms in total. The van der Waals surface area contributed by atoms with Crippen molar-refractivity contribution < 1.29 is 9.90 Å². The number of carbonyl (C=O) groups is 1. The number of hydrogen-bond acceptors (Lipinski definition) is 3. The predicted molar refractivity (Wildman–Crippen MR) is 60.9 cm³/mol. The van der Waals surface area contributed by atoms with Crippen LogP contribution < -0.4 is 10.6 Å². The molecule has 1 heterocycles. The summed E-state index contributed by atoms with van der Waals surface area (Å²) in [6.07, 6.45) is 0.202. The van der Waals surface area contributed by atoms with E-state index in [1.54, 1.807) is 18.3 Å². The highest BCUT2D eigenvalue weighted by Crippen LogP contribution is 2.04. The Morgan fingerprint density at radius 2 is 2.40 bits per heavy atom. The molecule has 3 N–H and O–H groups in total. The van der Waals surface area contributed by atoms with Crippen molar-refractivity contribution in [1.82, 2.24) is 10.6 Å². The van der Waals surface area contributed by atoms with Gasteiger partial charge in [-0.2, -0.15) is 11.3 Å². The zero-order chi connectivity index (χ0) is 11.1. The summed E-state index contributed by atoms with van der Waals surface area (Å²) in [6.45, 7) is 2.74. The molecule has 0 radical (unpaired) electrons. The van der Waals surface area contributed by atoms with E-state index in [1.165, 1.54) is 0 Å². The van der Waals surface area contributed by atoms with Gasteiger partial charge in [0.1, 0.15) is 0 Å². The van der Waals surface area contributed by atoms with Gasteiger partial charge in [-0.25, -0.2) is 4.79 Å². The summed E-state index contributed by atoms with van der Waals surface area (Å²) in [5.74, 6) is 0. The number of rotatable bonds is 5. The molecular formula is C10H16N2O2S. The summed E-state index contributed by atoms with van der Waals surface area (Å²) < 4.78 is 0. The van der Waals surface area contributed by atoms with Crippen LogP contribution in [0, 0.1) is 0 Å². The van der Waals surface area contributed by atoms with Gasteiger partial charge in [0.25, 0.3) is 0 Å². The van der Waals surface area contributed by atoms with Crippen LogP contribution in [0.3, 0.4) is 0 Å². The Bertz CT molecular complexity index is 286. The third kappa shape index (κ3) is 5.39. The maximum atomic E-state index is 11.2. The van der Waals surface area contributed by atoms with E-state index in [9.17, 15) is 4.79 Å². The molecule has 0 bridgehead atoms. The lowest BCUT2D eigenvalue weighted by Crippen LogP contribution is -2.36. The first-order chi connectivity index (χ1) is 7.18. The second-order valence-electron chi connectivity index (χ2n) is 3.38. The van der Waals surface area contributed by atoms with Crippen LogP contribution in [-0.4, -0.2) is 23.8 Å². The van der Waals surface area contributed by atoms with Crippen molar-refractivity contribution in [1.29, 1.82) is 0 Å². The van der Waals surface area contributed by atoms with Gasteiger partial charge in [-0.15, -0.1) is 0 Å². The van der Waals surface area contributed by atoms with Crippen LogP contribution in [0.25, 0.3) is 0 Å². The fourth-order valence-electron chi connectivity index (χ4n) is 1.03. The Morgan fingerprint density at radius 3 is 3.00 bits per heavy atom. The molecule has 1 aromatic heterocycles. The molecule has 0 aliphatic carbocycles. The van der Waals surface area contributed by atoms with Crippen molar-refractivity contribution in [3.05, 3.63) is 22.4 Å². The van der Waals surface area contributed by atoms with Crippen molar-refractivity contribution in [2.45, 2.75) is 26.0 Å². The second-order valence-corrected chi connectivity index (χ2v) is 4.16. The van der Waals surface area contributed by atoms with E-state index < -0.39 is 0 Å². The minimum atomic E-state index is -0.373. The topological polar surface area (TPSA) is 61.4 Å². The highest BCUT2D eigenvalue weighted by Gasteiger charge is 2.01. The average molecular weight is 228 g/mol. The smallest absolute Gasteiger partial charge is 0.315 e. The van der Waals surface area contributed by atoms with Crippen molar-refractivity contribution in [3.8, 4) is 0 Å². The Hall–Kier alpha value is -1.07. The van der Waals surface area contributed by atoms with Crippen LogP contribution in [0.1, 0.15) is 18.9 Å². The minimum Gasteiger partial charge on any atom is -0.393 e. The summed E-state index contributed by atoms with van der Waals surface area (Å²) in [5, 5.41) is 18.3. The second kappa shape index (κ2) is 6.42. The van der Waals surface area contributed by atoms with Crippen LogP contribution in [0.15, 0.2) is 16.8 Å². The summed E-state index contributed by atoms with van der Waals surface area (Å²) in [4.78, 5) is 11.2. The van der Waals surface area contributed by atoms with E-state index in [0.717, 1.165) is 5.56 Å². The molecule has 84 valence electrons. The molecule has 0 aliphatic heterocycles. The molecule has 0 aromatic carbocycles. The molecular weight excluding hydrogens is 212 g/mol. The lowest BCUT2D eigenvalue weighted by atomic mass is 10.3. The quantitative estimate of drug-likeness (QED) is 0.711.